The van der Waals surface area contributed by atoms with Crippen LogP contribution in [0.15, 0.2) is 36.7 Å². The number of hydrogen-bond donors (Lipinski definition) is 1. The summed E-state index contributed by atoms with van der Waals surface area (Å²) in [6, 6.07) is 9.29. The molecule has 0 saturated carbocycles. The van der Waals surface area contributed by atoms with E-state index in [1.54, 1.807) is 6.07 Å². The van der Waals surface area contributed by atoms with Gasteiger partial charge >= 0.3 is 0 Å². The summed E-state index contributed by atoms with van der Waals surface area (Å²) in [4.78, 5) is 7.89. The highest BCUT2D eigenvalue weighted by molar-refractivity contribution is 6.30. The van der Waals surface area contributed by atoms with Crippen LogP contribution in [0.5, 0.6) is 0 Å². The van der Waals surface area contributed by atoms with Crippen LogP contribution in [0.2, 0.25) is 5.02 Å². The van der Waals surface area contributed by atoms with Gasteiger partial charge in [-0.15, -0.1) is 0 Å². The molecule has 80 valence electrons. The second-order valence-electron chi connectivity index (χ2n) is 3.26. The average Bonchev–Trinajstić information content (AvgIpc) is 2.27. The van der Waals surface area contributed by atoms with Gasteiger partial charge in [-0.3, -0.25) is 0 Å². The van der Waals surface area contributed by atoms with Crippen molar-refractivity contribution in [1.29, 1.82) is 0 Å². The first-order chi connectivity index (χ1) is 7.74. The van der Waals surface area contributed by atoms with E-state index in [1.165, 1.54) is 6.33 Å². The second-order valence-corrected chi connectivity index (χ2v) is 3.69. The molecule has 0 aliphatic heterocycles. The summed E-state index contributed by atoms with van der Waals surface area (Å²) in [5.41, 5.74) is 7.33. The lowest BCUT2D eigenvalue weighted by atomic mass is 10.2. The molecule has 2 N–H and O–H groups in total. The Hall–Kier alpha value is -1.87. The lowest BCUT2D eigenvalue weighted by molar-refractivity contribution is 1.16. The van der Waals surface area contributed by atoms with E-state index in [2.05, 4.69) is 9.97 Å². The molecule has 0 spiro atoms. The van der Waals surface area contributed by atoms with Crippen molar-refractivity contribution in [2.75, 3.05) is 5.73 Å². The standard InChI is InChI=1S/C12H10ClN3/c13-10-3-1-2-9(6-10)4-5-11-7-12(14)16-8-15-11/h1-8H,(H2,14,15,16). The van der Waals surface area contributed by atoms with Crippen molar-refractivity contribution in [3.05, 3.63) is 52.9 Å². The molecule has 0 atom stereocenters. The van der Waals surface area contributed by atoms with E-state index in [0.717, 1.165) is 11.3 Å². The molecule has 0 saturated heterocycles. The first kappa shape index (κ1) is 10.6. The Labute approximate surface area is 98.6 Å². The van der Waals surface area contributed by atoms with Gasteiger partial charge in [0.15, 0.2) is 0 Å². The summed E-state index contributed by atoms with van der Waals surface area (Å²) in [5.74, 6) is 0.459. The third-order valence-corrected chi connectivity index (χ3v) is 2.24. The van der Waals surface area contributed by atoms with Crippen LogP contribution in [-0.2, 0) is 0 Å². The fourth-order valence-corrected chi connectivity index (χ4v) is 1.47. The van der Waals surface area contributed by atoms with Gasteiger partial charge < -0.3 is 5.73 Å². The molecule has 0 amide bonds. The Bertz CT molecular complexity index is 476. The van der Waals surface area contributed by atoms with Crippen molar-refractivity contribution < 1.29 is 0 Å². The molecule has 2 aromatic rings. The van der Waals surface area contributed by atoms with Crippen LogP contribution in [0, 0.1) is 0 Å². The third-order valence-electron chi connectivity index (χ3n) is 2.00. The van der Waals surface area contributed by atoms with Crippen molar-refractivity contribution in [2.24, 2.45) is 0 Å². The Morgan fingerprint density at radius 1 is 1.12 bits per heavy atom. The highest BCUT2D eigenvalue weighted by atomic mass is 35.5. The summed E-state index contributed by atoms with van der Waals surface area (Å²) < 4.78 is 0. The largest absolute Gasteiger partial charge is 0.384 e. The summed E-state index contributed by atoms with van der Waals surface area (Å²) >= 11 is 5.87. The zero-order valence-corrected chi connectivity index (χ0v) is 9.22. The van der Waals surface area contributed by atoms with E-state index in [0.29, 0.717) is 10.8 Å². The SMILES string of the molecule is Nc1cc(C=Cc2cccc(Cl)c2)ncn1. The number of nitrogens with two attached hydrogens (primary N) is 1. The Kier molecular flexibility index (Phi) is 3.17. The van der Waals surface area contributed by atoms with E-state index < -0.39 is 0 Å². The molecule has 0 bridgehead atoms. The van der Waals surface area contributed by atoms with Crippen molar-refractivity contribution in [3.8, 4) is 0 Å². The van der Waals surface area contributed by atoms with E-state index in [9.17, 15) is 0 Å². The Balaban J connectivity index is 2.21. The molecule has 1 aromatic carbocycles. The predicted molar refractivity (Wildman–Crippen MR) is 66.8 cm³/mol. The van der Waals surface area contributed by atoms with Crippen LogP contribution >= 0.6 is 11.6 Å². The molecule has 1 aromatic heterocycles. The number of hydrogen-bond acceptors (Lipinski definition) is 3. The lowest BCUT2D eigenvalue weighted by Crippen LogP contribution is -1.91. The van der Waals surface area contributed by atoms with Gasteiger partial charge in [-0.2, -0.15) is 0 Å². The number of halogens is 1. The maximum absolute atomic E-state index is 5.87. The summed E-state index contributed by atoms with van der Waals surface area (Å²) in [7, 11) is 0. The zero-order valence-electron chi connectivity index (χ0n) is 8.47. The van der Waals surface area contributed by atoms with Crippen LogP contribution in [-0.4, -0.2) is 9.97 Å². The Morgan fingerprint density at radius 3 is 2.75 bits per heavy atom. The van der Waals surface area contributed by atoms with Gasteiger partial charge in [-0.25, -0.2) is 9.97 Å². The highest BCUT2D eigenvalue weighted by Crippen LogP contribution is 2.13. The Morgan fingerprint density at radius 2 is 2.00 bits per heavy atom. The molecule has 0 aliphatic carbocycles. The van der Waals surface area contributed by atoms with Gasteiger partial charge in [0.05, 0.1) is 5.69 Å². The van der Waals surface area contributed by atoms with Crippen LogP contribution in [0.4, 0.5) is 5.82 Å². The molecule has 0 radical (unpaired) electrons. The number of aromatic nitrogens is 2. The van der Waals surface area contributed by atoms with Gasteiger partial charge in [0, 0.05) is 11.1 Å². The molecule has 3 nitrogen and oxygen atoms in total. The van der Waals surface area contributed by atoms with Gasteiger partial charge in [0.2, 0.25) is 0 Å². The van der Waals surface area contributed by atoms with Crippen molar-refractivity contribution in [2.45, 2.75) is 0 Å². The first-order valence-electron chi connectivity index (χ1n) is 4.75. The lowest BCUT2D eigenvalue weighted by Gasteiger charge is -1.95. The number of nitrogens with zero attached hydrogens (tertiary/aromatic N) is 2. The van der Waals surface area contributed by atoms with E-state index >= 15 is 0 Å². The topological polar surface area (TPSA) is 51.8 Å². The smallest absolute Gasteiger partial charge is 0.127 e. The summed E-state index contributed by atoms with van der Waals surface area (Å²) in [5, 5.41) is 0.712. The van der Waals surface area contributed by atoms with Gasteiger partial charge in [-0.1, -0.05) is 29.8 Å². The van der Waals surface area contributed by atoms with E-state index in [-0.39, 0.29) is 0 Å². The number of rotatable bonds is 2. The maximum Gasteiger partial charge on any atom is 0.127 e. The van der Waals surface area contributed by atoms with Crippen LogP contribution in [0.1, 0.15) is 11.3 Å². The van der Waals surface area contributed by atoms with Crippen LogP contribution in [0.25, 0.3) is 12.2 Å². The highest BCUT2D eigenvalue weighted by Gasteiger charge is 1.92. The minimum absolute atomic E-state index is 0.459. The first-order valence-corrected chi connectivity index (χ1v) is 5.13. The monoisotopic (exact) mass is 231 g/mol. The van der Waals surface area contributed by atoms with Gasteiger partial charge in [-0.05, 0) is 23.8 Å². The molecule has 0 fully saturated rings. The number of nitrogen functional groups attached to an aromatic ring is 1. The molecule has 16 heavy (non-hydrogen) atoms. The molecule has 1 heterocycles. The quantitative estimate of drug-likeness (QED) is 0.865. The average molecular weight is 232 g/mol. The fraction of sp³-hybridized carbons (Fsp3) is 0. The molecular formula is C12H10ClN3. The number of benzene rings is 1. The van der Waals surface area contributed by atoms with Gasteiger partial charge in [0.1, 0.15) is 12.1 Å². The zero-order chi connectivity index (χ0) is 11.4. The normalized spacial score (nSPS) is 10.8. The molecule has 4 heteroatoms. The van der Waals surface area contributed by atoms with Crippen molar-refractivity contribution >= 4 is 29.6 Å². The van der Waals surface area contributed by atoms with Crippen LogP contribution in [0.3, 0.4) is 0 Å². The minimum Gasteiger partial charge on any atom is -0.384 e. The van der Waals surface area contributed by atoms with E-state index in [1.807, 2.05) is 36.4 Å². The summed E-state index contributed by atoms with van der Waals surface area (Å²) in [6.45, 7) is 0. The van der Waals surface area contributed by atoms with E-state index in [4.69, 9.17) is 17.3 Å². The minimum atomic E-state index is 0.459. The maximum atomic E-state index is 5.87. The van der Waals surface area contributed by atoms with Crippen molar-refractivity contribution in [3.63, 3.8) is 0 Å². The molecule has 0 aliphatic rings. The third kappa shape index (κ3) is 2.81. The fourth-order valence-electron chi connectivity index (χ4n) is 1.27. The second kappa shape index (κ2) is 4.77. The molecular weight excluding hydrogens is 222 g/mol. The number of anilines is 1. The van der Waals surface area contributed by atoms with Crippen LogP contribution < -0.4 is 5.73 Å². The van der Waals surface area contributed by atoms with Crippen molar-refractivity contribution in [1.82, 2.24) is 9.97 Å². The molecule has 0 unspecified atom stereocenters. The predicted octanol–water partition coefficient (Wildman–Crippen LogP) is 2.88. The van der Waals surface area contributed by atoms with Gasteiger partial charge in [0.25, 0.3) is 0 Å². The summed E-state index contributed by atoms with van der Waals surface area (Å²) in [6.07, 6.45) is 5.23. The molecule has 2 rings (SSSR count).